The number of aromatic nitrogens is 3. The molecule has 2 atom stereocenters. The molecule has 130 valence electrons. The number of pyridine rings is 1. The molecule has 1 aliphatic rings. The van der Waals surface area contributed by atoms with E-state index in [1.165, 1.54) is 11.1 Å². The summed E-state index contributed by atoms with van der Waals surface area (Å²) in [6.45, 7) is 1.98. The number of amides is 1. The molecule has 3 rings (SSSR count). The first kappa shape index (κ1) is 17.0. The molecular weight excluding hydrogens is 324 g/mol. The number of hydrogen-bond acceptors (Lipinski definition) is 6. The fourth-order valence-corrected chi connectivity index (χ4v) is 2.85. The molecule has 1 fully saturated rings. The summed E-state index contributed by atoms with van der Waals surface area (Å²) >= 11 is 0. The highest BCUT2D eigenvalue weighted by atomic mass is 16.4. The van der Waals surface area contributed by atoms with Crippen LogP contribution in [0, 0.1) is 12.8 Å². The first-order valence-corrected chi connectivity index (χ1v) is 7.91. The third-order valence-corrected chi connectivity index (χ3v) is 4.31. The molecule has 8 heteroatoms. The lowest BCUT2D eigenvalue weighted by molar-refractivity contribution is -0.148. The van der Waals surface area contributed by atoms with Crippen LogP contribution in [0.1, 0.15) is 22.5 Å². The van der Waals surface area contributed by atoms with Gasteiger partial charge in [0.05, 0.1) is 17.4 Å². The average molecular weight is 342 g/mol. The van der Waals surface area contributed by atoms with E-state index in [1.807, 2.05) is 6.07 Å². The van der Waals surface area contributed by atoms with Gasteiger partial charge in [-0.2, -0.15) is 0 Å². The number of aliphatic hydroxyl groups is 1. The predicted octanol–water partition coefficient (Wildman–Crippen LogP) is 0.755. The molecule has 0 saturated carbocycles. The van der Waals surface area contributed by atoms with Gasteiger partial charge in [-0.05, 0) is 25.5 Å². The van der Waals surface area contributed by atoms with E-state index in [-0.39, 0.29) is 18.9 Å². The van der Waals surface area contributed by atoms with Gasteiger partial charge in [0.25, 0.3) is 5.91 Å². The maximum absolute atomic E-state index is 12.7. The third-order valence-electron chi connectivity index (χ3n) is 4.31. The summed E-state index contributed by atoms with van der Waals surface area (Å²) in [5.74, 6) is -1.94. The second kappa shape index (κ2) is 6.94. The number of aliphatic carboxylic acids is 1. The van der Waals surface area contributed by atoms with E-state index in [4.69, 9.17) is 5.11 Å². The summed E-state index contributed by atoms with van der Waals surface area (Å²) < 4.78 is 0. The minimum atomic E-state index is -1.11. The van der Waals surface area contributed by atoms with Crippen molar-refractivity contribution in [2.75, 3.05) is 13.1 Å². The van der Waals surface area contributed by atoms with Gasteiger partial charge in [-0.25, -0.2) is 9.97 Å². The molecule has 1 aliphatic heterocycles. The fraction of sp³-hybridized carbons (Fsp3) is 0.353. The van der Waals surface area contributed by atoms with Crippen molar-refractivity contribution in [3.05, 3.63) is 42.0 Å². The highest BCUT2D eigenvalue weighted by molar-refractivity contribution is 5.95. The summed E-state index contributed by atoms with van der Waals surface area (Å²) in [7, 11) is 0. The Balaban J connectivity index is 1.82. The van der Waals surface area contributed by atoms with Crippen molar-refractivity contribution in [3.63, 3.8) is 0 Å². The number of carboxylic acid groups (broad SMARTS) is 1. The topological polar surface area (TPSA) is 117 Å². The van der Waals surface area contributed by atoms with Gasteiger partial charge < -0.3 is 15.1 Å². The molecule has 8 nitrogen and oxygen atoms in total. The third kappa shape index (κ3) is 3.48. The molecule has 1 saturated heterocycles. The molecule has 0 unspecified atom stereocenters. The van der Waals surface area contributed by atoms with Gasteiger partial charge in [-0.1, -0.05) is 0 Å². The summed E-state index contributed by atoms with van der Waals surface area (Å²) in [6, 6.07) is 3.60. The average Bonchev–Trinajstić information content (AvgIpc) is 2.62. The highest BCUT2D eigenvalue weighted by Crippen LogP contribution is 2.21. The number of carbonyl (C=O) groups excluding carboxylic acids is 1. The van der Waals surface area contributed by atoms with Gasteiger partial charge >= 0.3 is 5.97 Å². The number of nitrogens with zero attached hydrogens (tertiary/aromatic N) is 4. The number of piperidine rings is 1. The first-order valence-electron chi connectivity index (χ1n) is 7.91. The second-order valence-electron chi connectivity index (χ2n) is 5.99. The number of carboxylic acids is 1. The van der Waals surface area contributed by atoms with Crippen LogP contribution in [0.25, 0.3) is 11.4 Å². The summed E-state index contributed by atoms with van der Waals surface area (Å²) in [5.41, 5.74) is 1.58. The Hall–Kier alpha value is -2.87. The van der Waals surface area contributed by atoms with Crippen LogP contribution in [-0.4, -0.2) is 61.1 Å². The standard InChI is InChI=1S/C17H18N4O4/c1-10-12(8-19-15(20-10)11-3-2-5-18-7-11)16(23)21-6-4-14(22)13(9-21)17(24)25/h2-3,5,7-8,13-14,22H,4,6,9H2,1H3,(H,24,25)/t13-,14+/m1/s1. The molecule has 25 heavy (non-hydrogen) atoms. The number of aryl methyl sites for hydroxylation is 1. The van der Waals surface area contributed by atoms with E-state index in [0.29, 0.717) is 23.6 Å². The number of likely N-dealkylation sites (tertiary alicyclic amines) is 1. The Morgan fingerprint density at radius 1 is 1.32 bits per heavy atom. The van der Waals surface area contributed by atoms with Crippen molar-refractivity contribution in [3.8, 4) is 11.4 Å². The fourth-order valence-electron chi connectivity index (χ4n) is 2.85. The van der Waals surface area contributed by atoms with Crippen LogP contribution in [-0.2, 0) is 4.79 Å². The van der Waals surface area contributed by atoms with Crippen molar-refractivity contribution < 1.29 is 19.8 Å². The monoisotopic (exact) mass is 342 g/mol. The molecule has 1 amide bonds. The molecular formula is C17H18N4O4. The summed E-state index contributed by atoms with van der Waals surface area (Å²) in [5, 5.41) is 18.9. The molecule has 0 aliphatic carbocycles. The quantitative estimate of drug-likeness (QED) is 0.845. The SMILES string of the molecule is Cc1nc(-c2cccnc2)ncc1C(=O)N1CC[C@H](O)[C@H](C(=O)O)C1. The zero-order chi connectivity index (χ0) is 18.0. The Morgan fingerprint density at radius 3 is 2.76 bits per heavy atom. The van der Waals surface area contributed by atoms with E-state index in [9.17, 15) is 14.7 Å². The first-order chi connectivity index (χ1) is 12.0. The Labute approximate surface area is 144 Å². The van der Waals surface area contributed by atoms with Gasteiger partial charge in [0.2, 0.25) is 0 Å². The van der Waals surface area contributed by atoms with Crippen molar-refractivity contribution in [1.82, 2.24) is 19.9 Å². The minimum absolute atomic E-state index is 0.0286. The smallest absolute Gasteiger partial charge is 0.310 e. The van der Waals surface area contributed by atoms with E-state index in [2.05, 4.69) is 15.0 Å². The lowest BCUT2D eigenvalue weighted by Crippen LogP contribution is -2.48. The van der Waals surface area contributed by atoms with Crippen LogP contribution in [0.3, 0.4) is 0 Å². The van der Waals surface area contributed by atoms with E-state index < -0.39 is 18.0 Å². The van der Waals surface area contributed by atoms with E-state index in [1.54, 1.807) is 25.4 Å². The molecule has 0 spiro atoms. The van der Waals surface area contributed by atoms with Gasteiger partial charge in [0, 0.05) is 37.2 Å². The van der Waals surface area contributed by atoms with Crippen LogP contribution in [0.4, 0.5) is 0 Å². The van der Waals surface area contributed by atoms with Crippen molar-refractivity contribution in [1.29, 1.82) is 0 Å². The van der Waals surface area contributed by atoms with Crippen molar-refractivity contribution in [2.24, 2.45) is 5.92 Å². The second-order valence-corrected chi connectivity index (χ2v) is 5.99. The lowest BCUT2D eigenvalue weighted by Gasteiger charge is -2.34. The van der Waals surface area contributed by atoms with Crippen LogP contribution >= 0.6 is 0 Å². The Bertz CT molecular complexity index is 796. The van der Waals surface area contributed by atoms with Crippen molar-refractivity contribution in [2.45, 2.75) is 19.4 Å². The highest BCUT2D eigenvalue weighted by Gasteiger charge is 2.35. The number of hydrogen-bond donors (Lipinski definition) is 2. The largest absolute Gasteiger partial charge is 0.481 e. The normalized spacial score (nSPS) is 20.3. The lowest BCUT2D eigenvalue weighted by atomic mass is 9.94. The Kier molecular flexibility index (Phi) is 4.71. The van der Waals surface area contributed by atoms with Gasteiger partial charge in [0.15, 0.2) is 5.82 Å². The molecule has 0 bridgehead atoms. The summed E-state index contributed by atoms with van der Waals surface area (Å²) in [4.78, 5) is 38.0. The molecule has 2 aromatic heterocycles. The van der Waals surface area contributed by atoms with Crippen LogP contribution < -0.4 is 0 Å². The van der Waals surface area contributed by atoms with Crippen LogP contribution in [0.15, 0.2) is 30.7 Å². The molecule has 0 aromatic carbocycles. The maximum atomic E-state index is 12.7. The number of rotatable bonds is 3. The maximum Gasteiger partial charge on any atom is 0.310 e. The number of carbonyl (C=O) groups is 2. The van der Waals surface area contributed by atoms with Gasteiger partial charge in [-0.3, -0.25) is 14.6 Å². The van der Waals surface area contributed by atoms with Crippen LogP contribution in [0.5, 0.6) is 0 Å². The zero-order valence-corrected chi connectivity index (χ0v) is 13.7. The van der Waals surface area contributed by atoms with Crippen LogP contribution in [0.2, 0.25) is 0 Å². The van der Waals surface area contributed by atoms with Gasteiger partial charge in [0.1, 0.15) is 5.92 Å². The van der Waals surface area contributed by atoms with E-state index >= 15 is 0 Å². The van der Waals surface area contributed by atoms with Gasteiger partial charge in [-0.15, -0.1) is 0 Å². The molecule has 3 heterocycles. The summed E-state index contributed by atoms with van der Waals surface area (Å²) in [6.07, 6.45) is 4.04. The number of aliphatic hydroxyl groups excluding tert-OH is 1. The zero-order valence-electron chi connectivity index (χ0n) is 13.7. The predicted molar refractivity (Wildman–Crippen MR) is 87.7 cm³/mol. The van der Waals surface area contributed by atoms with Crippen molar-refractivity contribution >= 4 is 11.9 Å². The Morgan fingerprint density at radius 2 is 2.12 bits per heavy atom. The molecule has 2 aromatic rings. The van der Waals surface area contributed by atoms with E-state index in [0.717, 1.165) is 5.56 Å². The minimum Gasteiger partial charge on any atom is -0.481 e. The molecule has 2 N–H and O–H groups in total. The molecule has 0 radical (unpaired) electrons.